The smallest absolute Gasteiger partial charge is 0.261 e. The molecule has 1 aliphatic rings. The molecular formula is C13H15BrClNO3S. The monoisotopic (exact) mass is 379 g/mol. The lowest BCUT2D eigenvalue weighted by Crippen LogP contribution is -2.20. The Morgan fingerprint density at radius 1 is 1.35 bits per heavy atom. The Kier molecular flexibility index (Phi) is 4.76. The van der Waals surface area contributed by atoms with E-state index in [1.165, 1.54) is 6.07 Å². The summed E-state index contributed by atoms with van der Waals surface area (Å²) in [6.45, 7) is 1.65. The lowest BCUT2D eigenvalue weighted by atomic mass is 10.1. The standard InChI is InChI=1S/C13H15BrClNO3S/c1-8-6-11(10(14)7-12(8)20(15,18)19)16-13(17)9-4-2-3-5-9/h6-7,9H,2-5H2,1H3,(H,16,17). The topological polar surface area (TPSA) is 63.2 Å². The minimum absolute atomic E-state index is 0.0101. The second-order valence-corrected chi connectivity index (χ2v) is 8.39. The normalized spacial score (nSPS) is 16.4. The lowest BCUT2D eigenvalue weighted by molar-refractivity contribution is -0.119. The van der Waals surface area contributed by atoms with Crippen molar-refractivity contribution in [2.75, 3.05) is 5.32 Å². The van der Waals surface area contributed by atoms with Gasteiger partial charge in [-0.05, 0) is 53.4 Å². The molecule has 7 heteroatoms. The van der Waals surface area contributed by atoms with Crippen molar-refractivity contribution in [2.24, 2.45) is 5.92 Å². The first-order chi connectivity index (χ1) is 9.29. The van der Waals surface area contributed by atoms with Crippen LogP contribution in [0.15, 0.2) is 21.5 Å². The summed E-state index contributed by atoms with van der Waals surface area (Å²) < 4.78 is 23.3. The Labute approximate surface area is 131 Å². The number of aryl methyl sites for hydroxylation is 1. The number of halogens is 2. The van der Waals surface area contributed by atoms with Crippen LogP contribution >= 0.6 is 26.6 Å². The van der Waals surface area contributed by atoms with E-state index in [0.717, 1.165) is 25.7 Å². The number of rotatable bonds is 3. The Balaban J connectivity index is 2.25. The number of anilines is 1. The molecule has 1 saturated carbocycles. The van der Waals surface area contributed by atoms with Crippen LogP contribution in [0.3, 0.4) is 0 Å². The molecule has 0 atom stereocenters. The molecule has 0 spiro atoms. The molecule has 0 aromatic heterocycles. The Morgan fingerprint density at radius 3 is 2.50 bits per heavy atom. The molecule has 0 bridgehead atoms. The number of carbonyl (C=O) groups excluding carboxylic acids is 1. The second kappa shape index (κ2) is 6.03. The van der Waals surface area contributed by atoms with Crippen LogP contribution in [0.5, 0.6) is 0 Å². The van der Waals surface area contributed by atoms with Crippen molar-refractivity contribution < 1.29 is 13.2 Å². The maximum absolute atomic E-state index is 12.1. The Hall–Kier alpha value is -0.590. The van der Waals surface area contributed by atoms with E-state index >= 15 is 0 Å². The number of carbonyl (C=O) groups is 1. The van der Waals surface area contributed by atoms with Gasteiger partial charge in [-0.1, -0.05) is 12.8 Å². The van der Waals surface area contributed by atoms with Crippen molar-refractivity contribution in [3.63, 3.8) is 0 Å². The van der Waals surface area contributed by atoms with E-state index in [9.17, 15) is 13.2 Å². The molecule has 0 unspecified atom stereocenters. The first-order valence-corrected chi connectivity index (χ1v) is 9.45. The van der Waals surface area contributed by atoms with Crippen molar-refractivity contribution in [2.45, 2.75) is 37.5 Å². The summed E-state index contributed by atoms with van der Waals surface area (Å²) in [7, 11) is 1.57. The van der Waals surface area contributed by atoms with Gasteiger partial charge in [-0.15, -0.1) is 0 Å². The van der Waals surface area contributed by atoms with Crippen molar-refractivity contribution in [1.82, 2.24) is 0 Å². The van der Waals surface area contributed by atoms with Crippen LogP contribution in [0.25, 0.3) is 0 Å². The molecule has 0 heterocycles. The first-order valence-electron chi connectivity index (χ1n) is 6.34. The number of nitrogens with one attached hydrogen (secondary N) is 1. The summed E-state index contributed by atoms with van der Waals surface area (Å²) in [5.74, 6) is 0.0442. The molecule has 2 rings (SSSR count). The second-order valence-electron chi connectivity index (χ2n) is 5.01. The third-order valence-corrected chi connectivity index (χ3v) is 5.63. The van der Waals surface area contributed by atoms with Gasteiger partial charge in [0, 0.05) is 21.1 Å². The summed E-state index contributed by atoms with van der Waals surface area (Å²) in [5.41, 5.74) is 1.08. The minimum Gasteiger partial charge on any atom is -0.325 e. The molecule has 0 saturated heterocycles. The van der Waals surface area contributed by atoms with Gasteiger partial charge in [-0.25, -0.2) is 8.42 Å². The van der Waals surface area contributed by atoms with Gasteiger partial charge in [0.1, 0.15) is 0 Å². The van der Waals surface area contributed by atoms with E-state index in [0.29, 0.717) is 15.7 Å². The van der Waals surface area contributed by atoms with Crippen LogP contribution in [-0.4, -0.2) is 14.3 Å². The van der Waals surface area contributed by atoms with E-state index in [1.54, 1.807) is 13.0 Å². The van der Waals surface area contributed by atoms with E-state index in [1.807, 2.05) is 0 Å². The zero-order valence-electron chi connectivity index (χ0n) is 10.9. The SMILES string of the molecule is Cc1cc(NC(=O)C2CCCC2)c(Br)cc1S(=O)(=O)Cl. The highest BCUT2D eigenvalue weighted by Gasteiger charge is 2.24. The fraction of sp³-hybridized carbons (Fsp3) is 0.462. The molecule has 4 nitrogen and oxygen atoms in total. The highest BCUT2D eigenvalue weighted by Crippen LogP contribution is 2.32. The van der Waals surface area contributed by atoms with E-state index < -0.39 is 9.05 Å². The number of hydrogen-bond donors (Lipinski definition) is 1. The number of amides is 1. The van der Waals surface area contributed by atoms with Gasteiger partial charge in [-0.3, -0.25) is 4.79 Å². The van der Waals surface area contributed by atoms with E-state index in [4.69, 9.17) is 10.7 Å². The van der Waals surface area contributed by atoms with Crippen LogP contribution in [0.4, 0.5) is 5.69 Å². The van der Waals surface area contributed by atoms with Gasteiger partial charge in [0.2, 0.25) is 5.91 Å². The van der Waals surface area contributed by atoms with Gasteiger partial charge in [0.15, 0.2) is 0 Å². The minimum atomic E-state index is -3.79. The molecule has 110 valence electrons. The molecular weight excluding hydrogens is 366 g/mol. The van der Waals surface area contributed by atoms with Crippen LogP contribution in [0.1, 0.15) is 31.2 Å². The van der Waals surface area contributed by atoms with Gasteiger partial charge in [0.25, 0.3) is 9.05 Å². The molecule has 0 radical (unpaired) electrons. The third-order valence-electron chi connectivity index (χ3n) is 3.51. The predicted octanol–water partition coefficient (Wildman–Crippen LogP) is 3.81. The summed E-state index contributed by atoms with van der Waals surface area (Å²) >= 11 is 3.27. The molecule has 20 heavy (non-hydrogen) atoms. The van der Waals surface area contributed by atoms with Crippen LogP contribution in [-0.2, 0) is 13.8 Å². The van der Waals surface area contributed by atoms with Gasteiger partial charge < -0.3 is 5.32 Å². The fourth-order valence-electron chi connectivity index (χ4n) is 2.44. The first kappa shape index (κ1) is 15.8. The molecule has 1 fully saturated rings. The average Bonchev–Trinajstić information content (AvgIpc) is 2.85. The Bertz CT molecular complexity index is 639. The summed E-state index contributed by atoms with van der Waals surface area (Å²) in [5, 5.41) is 2.85. The maximum Gasteiger partial charge on any atom is 0.261 e. The van der Waals surface area contributed by atoms with Crippen molar-refractivity contribution in [3.05, 3.63) is 22.2 Å². The Morgan fingerprint density at radius 2 is 1.95 bits per heavy atom. The molecule has 1 aromatic rings. The summed E-state index contributed by atoms with van der Waals surface area (Å²) in [6, 6.07) is 3.04. The quantitative estimate of drug-likeness (QED) is 0.811. The fourth-order valence-corrected chi connectivity index (χ4v) is 4.24. The zero-order valence-corrected chi connectivity index (χ0v) is 14.1. The largest absolute Gasteiger partial charge is 0.325 e. The van der Waals surface area contributed by atoms with Crippen molar-refractivity contribution >= 4 is 47.3 Å². The number of hydrogen-bond acceptors (Lipinski definition) is 3. The summed E-state index contributed by atoms with van der Waals surface area (Å²) in [6.07, 6.45) is 4.00. The zero-order chi connectivity index (χ0) is 14.9. The third kappa shape index (κ3) is 3.54. The number of benzene rings is 1. The van der Waals surface area contributed by atoms with E-state index in [2.05, 4.69) is 21.2 Å². The highest BCUT2D eigenvalue weighted by molar-refractivity contribution is 9.10. The summed E-state index contributed by atoms with van der Waals surface area (Å²) in [4.78, 5) is 12.1. The molecule has 1 aromatic carbocycles. The van der Waals surface area contributed by atoms with Gasteiger partial charge in [-0.2, -0.15) is 0 Å². The molecule has 1 N–H and O–H groups in total. The average molecular weight is 381 g/mol. The molecule has 1 aliphatic carbocycles. The predicted molar refractivity (Wildman–Crippen MR) is 82.5 cm³/mol. The van der Waals surface area contributed by atoms with Crippen LogP contribution < -0.4 is 5.32 Å². The van der Waals surface area contributed by atoms with Gasteiger partial charge >= 0.3 is 0 Å². The highest BCUT2D eigenvalue weighted by atomic mass is 79.9. The molecule has 1 amide bonds. The van der Waals surface area contributed by atoms with E-state index in [-0.39, 0.29) is 16.7 Å². The molecule has 0 aliphatic heterocycles. The van der Waals surface area contributed by atoms with Crippen LogP contribution in [0.2, 0.25) is 0 Å². The van der Waals surface area contributed by atoms with Crippen molar-refractivity contribution in [3.8, 4) is 0 Å². The van der Waals surface area contributed by atoms with Crippen LogP contribution in [0, 0.1) is 12.8 Å². The van der Waals surface area contributed by atoms with Crippen molar-refractivity contribution in [1.29, 1.82) is 0 Å². The maximum atomic E-state index is 12.1. The van der Waals surface area contributed by atoms with Gasteiger partial charge in [0.05, 0.1) is 10.6 Å². The lowest BCUT2D eigenvalue weighted by Gasteiger charge is -2.13.